The van der Waals surface area contributed by atoms with Crippen LogP contribution >= 0.6 is 11.6 Å². The Hall–Kier alpha value is -1.55. The van der Waals surface area contributed by atoms with Crippen LogP contribution in [0.5, 0.6) is 0 Å². The van der Waals surface area contributed by atoms with Gasteiger partial charge in [-0.05, 0) is 30.5 Å². The van der Waals surface area contributed by atoms with Crippen molar-refractivity contribution in [3.05, 3.63) is 34.9 Å². The van der Waals surface area contributed by atoms with Gasteiger partial charge in [-0.25, -0.2) is 0 Å². The number of carbonyl (C=O) groups is 2. The van der Waals surface area contributed by atoms with Gasteiger partial charge in [0.25, 0.3) is 5.91 Å². The zero-order chi connectivity index (χ0) is 13.1. The van der Waals surface area contributed by atoms with Crippen LogP contribution in [0, 0.1) is 5.92 Å². The molecule has 1 fully saturated rings. The summed E-state index contributed by atoms with van der Waals surface area (Å²) in [5.41, 5.74) is 0.554. The summed E-state index contributed by atoms with van der Waals surface area (Å²) < 4.78 is 0. The van der Waals surface area contributed by atoms with Gasteiger partial charge in [-0.2, -0.15) is 0 Å². The first-order valence-electron chi connectivity index (χ1n) is 5.83. The maximum absolute atomic E-state index is 12.2. The number of carbonyl (C=O) groups excluding carboxylic acids is 1. The number of hydrogen-bond donors (Lipinski definition) is 1. The number of aliphatic carboxylic acids is 1. The zero-order valence-electron chi connectivity index (χ0n) is 9.80. The van der Waals surface area contributed by atoms with E-state index in [1.807, 2.05) is 0 Å². The van der Waals surface area contributed by atoms with Gasteiger partial charge in [-0.3, -0.25) is 9.59 Å². The molecule has 1 aliphatic heterocycles. The maximum Gasteiger partial charge on any atom is 0.303 e. The molecular weight excluding hydrogens is 254 g/mol. The van der Waals surface area contributed by atoms with E-state index in [1.54, 1.807) is 29.2 Å². The van der Waals surface area contributed by atoms with E-state index in [0.717, 1.165) is 6.42 Å². The number of hydrogen-bond acceptors (Lipinski definition) is 2. The van der Waals surface area contributed by atoms with Crippen LogP contribution in [0.2, 0.25) is 5.02 Å². The SMILES string of the molecule is O=C(O)CC1CCN(C(=O)c2cccc(Cl)c2)C1. The lowest BCUT2D eigenvalue weighted by Crippen LogP contribution is -2.28. The minimum absolute atomic E-state index is 0.0608. The molecule has 1 heterocycles. The number of nitrogens with zero attached hydrogens (tertiary/aromatic N) is 1. The molecule has 0 saturated carbocycles. The molecule has 1 unspecified atom stereocenters. The van der Waals surface area contributed by atoms with Crippen molar-refractivity contribution in [2.45, 2.75) is 12.8 Å². The molecule has 18 heavy (non-hydrogen) atoms. The minimum Gasteiger partial charge on any atom is -0.481 e. The van der Waals surface area contributed by atoms with Crippen molar-refractivity contribution in [2.24, 2.45) is 5.92 Å². The third-order valence-corrected chi connectivity index (χ3v) is 3.34. The van der Waals surface area contributed by atoms with Gasteiger partial charge in [0.2, 0.25) is 0 Å². The summed E-state index contributed by atoms with van der Waals surface area (Å²) >= 11 is 5.84. The fraction of sp³-hybridized carbons (Fsp3) is 0.385. The summed E-state index contributed by atoms with van der Waals surface area (Å²) in [6, 6.07) is 6.81. The maximum atomic E-state index is 12.2. The van der Waals surface area contributed by atoms with Crippen LogP contribution in [0.4, 0.5) is 0 Å². The molecule has 1 aromatic carbocycles. The smallest absolute Gasteiger partial charge is 0.303 e. The van der Waals surface area contributed by atoms with Crippen LogP contribution in [-0.2, 0) is 4.79 Å². The highest BCUT2D eigenvalue weighted by molar-refractivity contribution is 6.30. The van der Waals surface area contributed by atoms with Crippen LogP contribution in [0.1, 0.15) is 23.2 Å². The Balaban J connectivity index is 2.01. The first-order chi connectivity index (χ1) is 8.56. The van der Waals surface area contributed by atoms with E-state index in [-0.39, 0.29) is 18.2 Å². The normalized spacial score (nSPS) is 18.9. The van der Waals surface area contributed by atoms with E-state index in [2.05, 4.69) is 0 Å². The van der Waals surface area contributed by atoms with Crippen molar-refractivity contribution >= 4 is 23.5 Å². The van der Waals surface area contributed by atoms with Gasteiger partial charge in [-0.1, -0.05) is 17.7 Å². The molecule has 1 aromatic rings. The molecule has 0 bridgehead atoms. The highest BCUT2D eigenvalue weighted by Gasteiger charge is 2.28. The van der Waals surface area contributed by atoms with Crippen LogP contribution in [0.15, 0.2) is 24.3 Å². The Morgan fingerprint density at radius 3 is 2.89 bits per heavy atom. The third kappa shape index (κ3) is 3.01. The van der Waals surface area contributed by atoms with Gasteiger partial charge >= 0.3 is 5.97 Å². The van der Waals surface area contributed by atoms with Crippen LogP contribution in [0.3, 0.4) is 0 Å². The number of carboxylic acid groups (broad SMARTS) is 1. The number of likely N-dealkylation sites (tertiary alicyclic amines) is 1. The fourth-order valence-corrected chi connectivity index (χ4v) is 2.43. The Labute approximate surface area is 110 Å². The van der Waals surface area contributed by atoms with Gasteiger partial charge in [0.05, 0.1) is 0 Å². The Morgan fingerprint density at radius 1 is 1.44 bits per heavy atom. The average molecular weight is 268 g/mol. The molecule has 1 amide bonds. The van der Waals surface area contributed by atoms with Gasteiger partial charge in [0, 0.05) is 30.1 Å². The molecule has 96 valence electrons. The second-order valence-corrected chi connectivity index (χ2v) is 4.95. The number of carboxylic acids is 1. The third-order valence-electron chi connectivity index (χ3n) is 3.11. The minimum atomic E-state index is -0.808. The second kappa shape index (κ2) is 5.40. The first kappa shape index (κ1) is 12.9. The van der Waals surface area contributed by atoms with Gasteiger partial charge in [0.15, 0.2) is 0 Å². The lowest BCUT2D eigenvalue weighted by atomic mass is 10.1. The standard InChI is InChI=1S/C13H14ClNO3/c14-11-3-1-2-10(7-11)13(18)15-5-4-9(8-15)6-12(16)17/h1-3,7,9H,4-6,8H2,(H,16,17). The number of benzene rings is 1. The summed E-state index contributed by atoms with van der Waals surface area (Å²) in [6.45, 7) is 1.13. The molecule has 0 spiro atoms. The molecule has 4 nitrogen and oxygen atoms in total. The highest BCUT2D eigenvalue weighted by Crippen LogP contribution is 2.22. The topological polar surface area (TPSA) is 57.6 Å². The van der Waals surface area contributed by atoms with Crippen molar-refractivity contribution in [1.29, 1.82) is 0 Å². The monoisotopic (exact) mass is 267 g/mol. The molecule has 1 saturated heterocycles. The summed E-state index contributed by atoms with van der Waals surface area (Å²) in [4.78, 5) is 24.5. The van der Waals surface area contributed by atoms with Crippen molar-refractivity contribution in [1.82, 2.24) is 4.90 Å². The van der Waals surface area contributed by atoms with Gasteiger partial charge in [-0.15, -0.1) is 0 Å². The van der Waals surface area contributed by atoms with E-state index in [9.17, 15) is 9.59 Å². The Bertz CT molecular complexity index is 475. The van der Waals surface area contributed by atoms with Crippen LogP contribution in [-0.4, -0.2) is 35.0 Å². The first-order valence-corrected chi connectivity index (χ1v) is 6.20. The number of rotatable bonds is 3. The summed E-state index contributed by atoms with van der Waals surface area (Å²) in [5, 5.41) is 9.26. The molecule has 5 heteroatoms. The summed E-state index contributed by atoms with van der Waals surface area (Å²) in [5.74, 6) is -0.826. The van der Waals surface area contributed by atoms with E-state index in [0.29, 0.717) is 23.7 Å². The predicted molar refractivity (Wildman–Crippen MR) is 67.7 cm³/mol. The lowest BCUT2D eigenvalue weighted by Gasteiger charge is -2.16. The van der Waals surface area contributed by atoms with E-state index >= 15 is 0 Å². The predicted octanol–water partition coefficient (Wildman–Crippen LogP) is 2.28. The molecule has 1 atom stereocenters. The largest absolute Gasteiger partial charge is 0.481 e. The fourth-order valence-electron chi connectivity index (χ4n) is 2.23. The van der Waals surface area contributed by atoms with Crippen molar-refractivity contribution in [3.8, 4) is 0 Å². The van der Waals surface area contributed by atoms with Gasteiger partial charge in [0.1, 0.15) is 0 Å². The van der Waals surface area contributed by atoms with Crippen LogP contribution < -0.4 is 0 Å². The Morgan fingerprint density at radius 2 is 2.22 bits per heavy atom. The van der Waals surface area contributed by atoms with E-state index in [4.69, 9.17) is 16.7 Å². The molecule has 1 N–H and O–H groups in total. The average Bonchev–Trinajstić information content (AvgIpc) is 2.75. The zero-order valence-corrected chi connectivity index (χ0v) is 10.6. The quantitative estimate of drug-likeness (QED) is 0.914. The molecule has 0 radical (unpaired) electrons. The molecule has 1 aliphatic rings. The summed E-state index contributed by atoms with van der Waals surface area (Å²) in [7, 11) is 0. The van der Waals surface area contributed by atoms with E-state index < -0.39 is 5.97 Å². The van der Waals surface area contributed by atoms with E-state index in [1.165, 1.54) is 0 Å². The molecular formula is C13H14ClNO3. The van der Waals surface area contributed by atoms with Crippen molar-refractivity contribution in [3.63, 3.8) is 0 Å². The van der Waals surface area contributed by atoms with Crippen molar-refractivity contribution in [2.75, 3.05) is 13.1 Å². The second-order valence-electron chi connectivity index (χ2n) is 4.51. The lowest BCUT2D eigenvalue weighted by molar-refractivity contribution is -0.138. The number of amides is 1. The van der Waals surface area contributed by atoms with Gasteiger partial charge < -0.3 is 10.0 Å². The number of halogens is 1. The van der Waals surface area contributed by atoms with Crippen molar-refractivity contribution < 1.29 is 14.7 Å². The Kier molecular flexibility index (Phi) is 3.87. The molecule has 0 aliphatic carbocycles. The molecule has 2 rings (SSSR count). The highest BCUT2D eigenvalue weighted by atomic mass is 35.5. The summed E-state index contributed by atoms with van der Waals surface area (Å²) in [6.07, 6.45) is 0.873. The van der Waals surface area contributed by atoms with Crippen LogP contribution in [0.25, 0.3) is 0 Å². The molecule has 0 aromatic heterocycles.